The van der Waals surface area contributed by atoms with E-state index in [0.717, 1.165) is 75.1 Å². The number of rotatable bonds is 32. The monoisotopic (exact) mass is 900 g/mol. The standard InChI is InChI=1S/3C11H22O2S.C7H13O2.Sn/c3*1-2-3-4-5-6-7-10(8-9-14)11(12)13;1-3-5-6-9-7(8)4-2;/h3*10,14H,2-9H2,1H3,(H,12,13);2-6H2,1H3;/q;;;;+3/p-3. The van der Waals surface area contributed by atoms with Gasteiger partial charge in [-0.1, -0.05) is 117 Å². The Kier molecular flexibility index (Phi) is 54.8. The van der Waals surface area contributed by atoms with Gasteiger partial charge in [0.15, 0.2) is 0 Å². The number of carboxylic acids is 3. The molecule has 0 N–H and O–H groups in total. The van der Waals surface area contributed by atoms with Crippen molar-refractivity contribution in [2.75, 3.05) is 23.9 Å². The second kappa shape index (κ2) is 48.7. The second-order valence-electron chi connectivity index (χ2n) is 13.3. The van der Waals surface area contributed by atoms with Gasteiger partial charge in [-0.05, 0) is 73.5 Å². The molecule has 0 saturated carbocycles. The van der Waals surface area contributed by atoms with E-state index in [4.69, 9.17) is 4.74 Å². The van der Waals surface area contributed by atoms with E-state index in [1.165, 1.54) is 80.3 Å². The third kappa shape index (κ3) is 47.7. The molecule has 8 nitrogen and oxygen atoms in total. The van der Waals surface area contributed by atoms with Crippen LogP contribution in [0.5, 0.6) is 0 Å². The van der Waals surface area contributed by atoms with Crippen molar-refractivity contribution in [2.45, 2.75) is 186 Å². The van der Waals surface area contributed by atoms with Crippen LogP contribution in [0.3, 0.4) is 0 Å². The van der Waals surface area contributed by atoms with E-state index in [0.29, 0.717) is 49.5 Å². The Hall–Kier alpha value is -0.271. The van der Waals surface area contributed by atoms with Gasteiger partial charge in [0.2, 0.25) is 0 Å². The SMILES string of the molecule is CCCCCCCC(CCS)C(=O)[O-].CCCCCCCC(CCS)C(=O)[O-].CCCCCCCC(CCS)C(=O)[O-].CCCCOC(=O)C[CH2][Sn+3]. The fraction of sp³-hybridized carbons (Fsp3) is 0.900. The van der Waals surface area contributed by atoms with E-state index in [1.807, 2.05) is 0 Å². The Morgan fingerprint density at radius 3 is 1.00 bits per heavy atom. The molecular weight excluding hydrogens is 823 g/mol. The fourth-order valence-corrected chi connectivity index (χ4v) is 6.61. The van der Waals surface area contributed by atoms with Crippen molar-refractivity contribution in [3.63, 3.8) is 0 Å². The van der Waals surface area contributed by atoms with Crippen LogP contribution in [0.1, 0.15) is 182 Å². The first kappa shape index (κ1) is 58.4. The van der Waals surface area contributed by atoms with Crippen molar-refractivity contribution in [1.82, 2.24) is 0 Å². The van der Waals surface area contributed by atoms with Gasteiger partial charge in [0, 0.05) is 17.9 Å². The molecule has 3 unspecified atom stereocenters. The zero-order valence-electron chi connectivity index (χ0n) is 33.3. The zero-order valence-corrected chi connectivity index (χ0v) is 38.9. The van der Waals surface area contributed by atoms with Crippen LogP contribution >= 0.6 is 37.9 Å². The quantitative estimate of drug-likeness (QED) is 0.0274. The Morgan fingerprint density at radius 2 is 0.769 bits per heavy atom. The molecule has 306 valence electrons. The predicted molar refractivity (Wildman–Crippen MR) is 222 cm³/mol. The normalized spacial score (nSPS) is 12.1. The number of aliphatic carboxylic acids is 3. The maximum absolute atomic E-state index is 10.7. The van der Waals surface area contributed by atoms with Crippen LogP contribution in [0.25, 0.3) is 0 Å². The summed E-state index contributed by atoms with van der Waals surface area (Å²) in [4.78, 5) is 42.7. The van der Waals surface area contributed by atoms with Crippen LogP contribution < -0.4 is 15.3 Å². The van der Waals surface area contributed by atoms with Crippen LogP contribution in [0, 0.1) is 17.8 Å². The molecule has 0 bridgehead atoms. The van der Waals surface area contributed by atoms with Crippen molar-refractivity contribution in [1.29, 1.82) is 0 Å². The summed E-state index contributed by atoms with van der Waals surface area (Å²) in [5.74, 6) is -1.71. The number of hydrogen-bond acceptors (Lipinski definition) is 11. The molecule has 0 fully saturated rings. The number of ether oxygens (including phenoxy) is 1. The summed E-state index contributed by atoms with van der Waals surface area (Å²) in [6.07, 6.45) is 24.4. The summed E-state index contributed by atoms with van der Waals surface area (Å²) in [5, 5.41) is 32.0. The maximum atomic E-state index is 10.7. The average Bonchev–Trinajstić information content (AvgIpc) is 3.11. The van der Waals surface area contributed by atoms with Crippen molar-refractivity contribution in [3.05, 3.63) is 0 Å². The molecule has 0 spiro atoms. The van der Waals surface area contributed by atoms with Crippen molar-refractivity contribution < 1.29 is 39.2 Å². The molecule has 0 aliphatic rings. The van der Waals surface area contributed by atoms with Crippen molar-refractivity contribution in [3.8, 4) is 0 Å². The minimum atomic E-state index is -0.908. The molecule has 0 aromatic carbocycles. The first-order chi connectivity index (χ1) is 25.0. The van der Waals surface area contributed by atoms with Gasteiger partial charge >= 0.3 is 75.3 Å². The van der Waals surface area contributed by atoms with E-state index in [9.17, 15) is 34.5 Å². The average molecular weight is 900 g/mol. The zero-order chi connectivity index (χ0) is 40.3. The molecule has 0 radical (unpaired) electrons. The Balaban J connectivity index is -0.000000298. The molecule has 0 aliphatic carbocycles. The van der Waals surface area contributed by atoms with Crippen LogP contribution in [0.15, 0.2) is 0 Å². The molecular formula is C40H76O8S3Sn. The van der Waals surface area contributed by atoms with Crippen LogP contribution in [-0.2, 0) is 23.9 Å². The van der Waals surface area contributed by atoms with E-state index < -0.39 is 17.9 Å². The Morgan fingerprint density at radius 1 is 0.481 bits per heavy atom. The molecule has 12 heteroatoms. The molecule has 0 amide bonds. The van der Waals surface area contributed by atoms with Crippen LogP contribution in [-0.4, -0.2) is 70.3 Å². The Labute approximate surface area is 349 Å². The summed E-state index contributed by atoms with van der Waals surface area (Å²) < 4.78 is 5.87. The van der Waals surface area contributed by atoms with Gasteiger partial charge in [0.05, 0.1) is 0 Å². The summed E-state index contributed by atoms with van der Waals surface area (Å²) in [6, 6.07) is 0. The number of esters is 1. The first-order valence-electron chi connectivity index (χ1n) is 20.2. The van der Waals surface area contributed by atoms with Gasteiger partial charge in [0.1, 0.15) is 0 Å². The van der Waals surface area contributed by atoms with Crippen LogP contribution in [0.2, 0.25) is 4.44 Å². The van der Waals surface area contributed by atoms with Gasteiger partial charge in [-0.3, -0.25) is 0 Å². The number of thiol groups is 3. The topological polar surface area (TPSA) is 147 Å². The number of unbranched alkanes of at least 4 members (excludes halogenated alkanes) is 13. The molecule has 0 aromatic heterocycles. The summed E-state index contributed by atoms with van der Waals surface area (Å²) in [5.41, 5.74) is 0. The second-order valence-corrected chi connectivity index (χ2v) is 16.0. The molecule has 0 aliphatic heterocycles. The van der Waals surface area contributed by atoms with E-state index in [-0.39, 0.29) is 23.7 Å². The van der Waals surface area contributed by atoms with Gasteiger partial charge in [-0.15, -0.1) is 0 Å². The van der Waals surface area contributed by atoms with Crippen molar-refractivity contribution >= 4 is 84.3 Å². The molecule has 52 heavy (non-hydrogen) atoms. The molecule has 0 heterocycles. The van der Waals surface area contributed by atoms with E-state index in [2.05, 4.69) is 65.6 Å². The fourth-order valence-electron chi connectivity index (χ4n) is 5.10. The summed E-state index contributed by atoms with van der Waals surface area (Å²) in [6.45, 7) is 9.20. The summed E-state index contributed by atoms with van der Waals surface area (Å²) >= 11 is 13.5. The predicted octanol–water partition coefficient (Wildman–Crippen LogP) is 7.41. The van der Waals surface area contributed by atoms with Crippen molar-refractivity contribution in [2.24, 2.45) is 17.8 Å². The first-order valence-corrected chi connectivity index (χ1v) is 24.1. The summed E-state index contributed by atoms with van der Waals surface area (Å²) in [7, 11) is 0. The third-order valence-corrected chi connectivity index (χ3v) is 9.98. The van der Waals surface area contributed by atoms with Gasteiger partial charge in [-0.2, -0.15) is 37.9 Å². The minimum absolute atomic E-state index is 0.0368. The number of carbonyl (C=O) groups is 4. The van der Waals surface area contributed by atoms with Gasteiger partial charge < -0.3 is 29.7 Å². The van der Waals surface area contributed by atoms with E-state index >= 15 is 0 Å². The van der Waals surface area contributed by atoms with E-state index in [1.54, 1.807) is 0 Å². The van der Waals surface area contributed by atoms with Crippen LogP contribution in [0.4, 0.5) is 0 Å². The number of carbonyl (C=O) groups excluding carboxylic acids is 4. The number of hydrogen-bond donors (Lipinski definition) is 3. The van der Waals surface area contributed by atoms with Gasteiger partial charge in [-0.25, -0.2) is 0 Å². The van der Waals surface area contributed by atoms with Gasteiger partial charge in [0.25, 0.3) is 0 Å². The number of carboxylic acid groups (broad SMARTS) is 3. The molecule has 0 rings (SSSR count). The molecule has 0 aromatic rings. The third-order valence-electron chi connectivity index (χ3n) is 8.49. The molecule has 3 atom stereocenters. The molecule has 0 saturated heterocycles. The Bertz CT molecular complexity index is 711.